The van der Waals surface area contributed by atoms with Crippen molar-refractivity contribution in [2.75, 3.05) is 13.1 Å². The molecule has 2 heterocycles. The van der Waals surface area contributed by atoms with Crippen LogP contribution in [0.5, 0.6) is 5.88 Å². The van der Waals surface area contributed by atoms with Crippen LogP contribution in [0.1, 0.15) is 32.4 Å². The van der Waals surface area contributed by atoms with E-state index in [9.17, 15) is 0 Å². The third-order valence-electron chi connectivity index (χ3n) is 3.03. The Morgan fingerprint density at radius 2 is 2.38 bits per heavy atom. The maximum absolute atomic E-state index is 5.81. The normalized spacial score (nSPS) is 22.6. The molecule has 0 saturated carbocycles. The smallest absolute Gasteiger partial charge is 0.254 e. The highest BCUT2D eigenvalue weighted by atomic mass is 16.5. The van der Waals surface area contributed by atoms with Gasteiger partial charge in [0, 0.05) is 18.7 Å². The van der Waals surface area contributed by atoms with Crippen molar-refractivity contribution in [3.05, 3.63) is 11.8 Å². The van der Waals surface area contributed by atoms with Crippen molar-refractivity contribution in [1.82, 2.24) is 10.1 Å². The molecule has 1 aromatic heterocycles. The fraction of sp³-hybridized carbons (Fsp3) is 0.750. The minimum Gasteiger partial charge on any atom is -0.471 e. The summed E-state index contributed by atoms with van der Waals surface area (Å²) in [5, 5.41) is 3.86. The number of nitrogens with zero attached hydrogens (tertiary/aromatic N) is 2. The summed E-state index contributed by atoms with van der Waals surface area (Å²) in [5.74, 6) is 1.42. The van der Waals surface area contributed by atoms with Crippen LogP contribution in [0, 0.1) is 6.92 Å². The number of hydrogen-bond acceptors (Lipinski definition) is 4. The molecule has 1 atom stereocenters. The number of likely N-dealkylation sites (tertiary alicyclic amines) is 1. The van der Waals surface area contributed by atoms with E-state index in [1.807, 2.05) is 13.0 Å². The summed E-state index contributed by atoms with van der Waals surface area (Å²) in [6.07, 6.45) is 2.55. The molecule has 0 aliphatic carbocycles. The van der Waals surface area contributed by atoms with Crippen molar-refractivity contribution in [3.8, 4) is 5.88 Å². The fourth-order valence-corrected chi connectivity index (χ4v) is 2.10. The van der Waals surface area contributed by atoms with Crippen LogP contribution in [-0.4, -0.2) is 35.3 Å². The van der Waals surface area contributed by atoms with Crippen LogP contribution in [0.3, 0.4) is 0 Å². The predicted octanol–water partition coefficient (Wildman–Crippen LogP) is 2.23. The molecule has 2 rings (SSSR count). The van der Waals surface area contributed by atoms with Gasteiger partial charge in [-0.25, -0.2) is 0 Å². The Labute approximate surface area is 96.5 Å². The summed E-state index contributed by atoms with van der Waals surface area (Å²) >= 11 is 0. The van der Waals surface area contributed by atoms with Crippen LogP contribution < -0.4 is 4.74 Å². The number of hydrogen-bond donors (Lipinski definition) is 0. The van der Waals surface area contributed by atoms with Crippen molar-refractivity contribution in [2.45, 2.75) is 45.8 Å². The summed E-state index contributed by atoms with van der Waals surface area (Å²) in [4.78, 5) is 2.45. The summed E-state index contributed by atoms with van der Waals surface area (Å²) in [6.45, 7) is 8.49. The maximum atomic E-state index is 5.81. The van der Waals surface area contributed by atoms with E-state index >= 15 is 0 Å². The summed E-state index contributed by atoms with van der Waals surface area (Å²) in [7, 11) is 0. The minimum absolute atomic E-state index is 0.251. The molecule has 0 amide bonds. The zero-order valence-electron chi connectivity index (χ0n) is 10.3. The van der Waals surface area contributed by atoms with Gasteiger partial charge in [0.15, 0.2) is 0 Å². The van der Waals surface area contributed by atoms with Crippen molar-refractivity contribution in [3.63, 3.8) is 0 Å². The molecule has 90 valence electrons. The van der Waals surface area contributed by atoms with Gasteiger partial charge in [0.25, 0.3) is 5.88 Å². The second-order valence-electron chi connectivity index (χ2n) is 4.75. The van der Waals surface area contributed by atoms with Gasteiger partial charge in [-0.3, -0.25) is 4.90 Å². The van der Waals surface area contributed by atoms with Crippen LogP contribution in [0.2, 0.25) is 0 Å². The molecule has 1 saturated heterocycles. The molecule has 1 aromatic rings. The van der Waals surface area contributed by atoms with Gasteiger partial charge in [0.1, 0.15) is 11.9 Å². The minimum atomic E-state index is 0.251. The molecule has 0 radical (unpaired) electrons. The van der Waals surface area contributed by atoms with Gasteiger partial charge in [-0.15, -0.1) is 0 Å². The lowest BCUT2D eigenvalue weighted by Crippen LogP contribution is -2.44. The van der Waals surface area contributed by atoms with E-state index in [-0.39, 0.29) is 6.10 Å². The average Bonchev–Trinajstić information content (AvgIpc) is 2.64. The SMILES string of the molecule is Cc1cc(OC2CCCN(C(C)C)C2)no1. The monoisotopic (exact) mass is 224 g/mol. The van der Waals surface area contributed by atoms with Gasteiger partial charge < -0.3 is 9.26 Å². The van der Waals surface area contributed by atoms with Gasteiger partial charge >= 0.3 is 0 Å². The van der Waals surface area contributed by atoms with E-state index in [4.69, 9.17) is 9.26 Å². The standard InChI is InChI=1S/C12H20N2O2/c1-9(2)14-6-4-5-11(8-14)15-12-7-10(3)16-13-12/h7,9,11H,4-6,8H2,1-3H3. The number of aromatic nitrogens is 1. The second-order valence-corrected chi connectivity index (χ2v) is 4.75. The van der Waals surface area contributed by atoms with Crippen LogP contribution in [0.4, 0.5) is 0 Å². The maximum Gasteiger partial charge on any atom is 0.254 e. The quantitative estimate of drug-likeness (QED) is 0.789. The first kappa shape index (κ1) is 11.5. The summed E-state index contributed by atoms with van der Waals surface area (Å²) in [6, 6.07) is 2.43. The lowest BCUT2D eigenvalue weighted by molar-refractivity contribution is 0.0652. The van der Waals surface area contributed by atoms with Crippen molar-refractivity contribution >= 4 is 0 Å². The van der Waals surface area contributed by atoms with Gasteiger partial charge in [-0.05, 0) is 45.3 Å². The molecule has 16 heavy (non-hydrogen) atoms. The third-order valence-corrected chi connectivity index (χ3v) is 3.03. The number of ether oxygens (including phenoxy) is 1. The Kier molecular flexibility index (Phi) is 3.49. The fourth-order valence-electron chi connectivity index (χ4n) is 2.10. The highest BCUT2D eigenvalue weighted by Crippen LogP contribution is 2.19. The Morgan fingerprint density at radius 3 is 3.00 bits per heavy atom. The number of rotatable bonds is 3. The van der Waals surface area contributed by atoms with Gasteiger partial charge in [-0.2, -0.15) is 0 Å². The van der Waals surface area contributed by atoms with E-state index in [0.717, 1.165) is 18.7 Å². The number of piperidine rings is 1. The Bertz CT molecular complexity index is 336. The zero-order chi connectivity index (χ0) is 11.5. The Morgan fingerprint density at radius 1 is 1.56 bits per heavy atom. The van der Waals surface area contributed by atoms with Crippen LogP contribution in [0.15, 0.2) is 10.6 Å². The summed E-state index contributed by atoms with van der Waals surface area (Å²) in [5.41, 5.74) is 0. The molecule has 0 aromatic carbocycles. The average molecular weight is 224 g/mol. The molecule has 1 aliphatic heterocycles. The number of aryl methyl sites for hydroxylation is 1. The second kappa shape index (κ2) is 4.87. The lowest BCUT2D eigenvalue weighted by Gasteiger charge is -2.34. The predicted molar refractivity (Wildman–Crippen MR) is 61.6 cm³/mol. The van der Waals surface area contributed by atoms with E-state index in [2.05, 4.69) is 23.9 Å². The lowest BCUT2D eigenvalue weighted by atomic mass is 10.1. The van der Waals surface area contributed by atoms with Crippen LogP contribution in [0.25, 0.3) is 0 Å². The molecule has 0 bridgehead atoms. The highest BCUT2D eigenvalue weighted by molar-refractivity contribution is 5.10. The summed E-state index contributed by atoms with van der Waals surface area (Å²) < 4.78 is 10.8. The third kappa shape index (κ3) is 2.76. The Hall–Kier alpha value is -1.03. The Balaban J connectivity index is 1.90. The van der Waals surface area contributed by atoms with Crippen molar-refractivity contribution in [1.29, 1.82) is 0 Å². The molecular formula is C12H20N2O2. The van der Waals surface area contributed by atoms with Crippen LogP contribution in [-0.2, 0) is 0 Å². The van der Waals surface area contributed by atoms with Crippen molar-refractivity contribution in [2.24, 2.45) is 0 Å². The molecule has 1 aliphatic rings. The van der Waals surface area contributed by atoms with E-state index in [1.165, 1.54) is 13.0 Å². The van der Waals surface area contributed by atoms with Gasteiger partial charge in [0.2, 0.25) is 0 Å². The van der Waals surface area contributed by atoms with E-state index in [0.29, 0.717) is 11.9 Å². The molecule has 4 heteroatoms. The molecule has 1 unspecified atom stereocenters. The molecule has 0 N–H and O–H groups in total. The molecule has 1 fully saturated rings. The van der Waals surface area contributed by atoms with Crippen molar-refractivity contribution < 1.29 is 9.26 Å². The van der Waals surface area contributed by atoms with E-state index < -0.39 is 0 Å². The topological polar surface area (TPSA) is 38.5 Å². The van der Waals surface area contributed by atoms with Crippen LogP contribution >= 0.6 is 0 Å². The first-order valence-corrected chi connectivity index (χ1v) is 5.99. The van der Waals surface area contributed by atoms with Gasteiger partial charge in [0.05, 0.1) is 0 Å². The first-order chi connectivity index (χ1) is 7.65. The molecule has 4 nitrogen and oxygen atoms in total. The van der Waals surface area contributed by atoms with E-state index in [1.54, 1.807) is 0 Å². The molecule has 0 spiro atoms. The molecular weight excluding hydrogens is 204 g/mol. The van der Waals surface area contributed by atoms with Gasteiger partial charge in [-0.1, -0.05) is 0 Å². The zero-order valence-corrected chi connectivity index (χ0v) is 10.3. The first-order valence-electron chi connectivity index (χ1n) is 5.99. The highest BCUT2D eigenvalue weighted by Gasteiger charge is 2.23. The largest absolute Gasteiger partial charge is 0.471 e.